The number of nitrogens with zero attached hydrogens (tertiary/aromatic N) is 6. The van der Waals surface area contributed by atoms with Gasteiger partial charge in [-0.25, -0.2) is 0 Å². The van der Waals surface area contributed by atoms with Crippen molar-refractivity contribution in [1.29, 1.82) is 0 Å². The van der Waals surface area contributed by atoms with Crippen LogP contribution in [0, 0.1) is 0 Å². The van der Waals surface area contributed by atoms with Crippen molar-refractivity contribution in [3.05, 3.63) is 41.2 Å². The van der Waals surface area contributed by atoms with E-state index >= 15 is 0 Å². The normalized spacial score (nSPS) is 14.6. The zero-order valence-electron chi connectivity index (χ0n) is 10.6. The highest BCUT2D eigenvalue weighted by Gasteiger charge is 2.19. The van der Waals surface area contributed by atoms with Crippen LogP contribution in [0.4, 0.5) is 5.69 Å². The van der Waals surface area contributed by atoms with Gasteiger partial charge in [-0.15, -0.1) is 10.2 Å². The first kappa shape index (κ1) is 11.8. The summed E-state index contributed by atoms with van der Waals surface area (Å²) in [4.78, 5) is 11.2. The van der Waals surface area contributed by atoms with Crippen LogP contribution >= 0.6 is 15.9 Å². The molecule has 0 spiro atoms. The van der Waals surface area contributed by atoms with Crippen LogP contribution in [-0.4, -0.2) is 31.3 Å². The molecule has 0 fully saturated rings. The van der Waals surface area contributed by atoms with Gasteiger partial charge in [-0.3, -0.25) is 9.97 Å². The molecule has 4 heterocycles. The number of hydrogen-bond donors (Lipinski definition) is 0. The molecule has 3 aromatic heterocycles. The zero-order valence-corrected chi connectivity index (χ0v) is 12.2. The van der Waals surface area contributed by atoms with Gasteiger partial charge in [0, 0.05) is 30.0 Å². The van der Waals surface area contributed by atoms with Gasteiger partial charge in [0.2, 0.25) is 0 Å². The van der Waals surface area contributed by atoms with Gasteiger partial charge in [0.1, 0.15) is 11.8 Å². The molecule has 1 aliphatic heterocycles. The third-order valence-electron chi connectivity index (χ3n) is 3.50. The summed E-state index contributed by atoms with van der Waals surface area (Å²) in [7, 11) is 0. The van der Waals surface area contributed by atoms with Crippen molar-refractivity contribution >= 4 is 32.7 Å². The molecule has 0 N–H and O–H groups in total. The van der Waals surface area contributed by atoms with Gasteiger partial charge in [0.25, 0.3) is 0 Å². The highest BCUT2D eigenvalue weighted by Crippen LogP contribution is 2.27. The lowest BCUT2D eigenvalue weighted by atomic mass is 10.2. The molecule has 0 aromatic carbocycles. The molecule has 0 saturated carbocycles. The highest BCUT2D eigenvalue weighted by molar-refractivity contribution is 9.10. The van der Waals surface area contributed by atoms with Gasteiger partial charge in [0.15, 0.2) is 5.82 Å². The Balaban J connectivity index is 1.80. The molecule has 4 rings (SSSR count). The van der Waals surface area contributed by atoms with Crippen molar-refractivity contribution in [3.63, 3.8) is 0 Å². The Morgan fingerprint density at radius 1 is 1.20 bits per heavy atom. The molecule has 0 amide bonds. The topological polar surface area (TPSA) is 59.7 Å². The smallest absolute Gasteiger partial charge is 0.152 e. The van der Waals surface area contributed by atoms with E-state index in [-0.39, 0.29) is 0 Å². The van der Waals surface area contributed by atoms with Crippen LogP contribution in [0.1, 0.15) is 5.82 Å². The monoisotopic (exact) mass is 330 g/mol. The summed E-state index contributed by atoms with van der Waals surface area (Å²) in [5.41, 5.74) is 2.91. The van der Waals surface area contributed by atoms with Crippen molar-refractivity contribution in [2.24, 2.45) is 0 Å². The molecule has 0 atom stereocenters. The molecule has 3 aromatic rings. The molecule has 7 heteroatoms. The first-order chi connectivity index (χ1) is 9.81. The van der Waals surface area contributed by atoms with E-state index in [0.717, 1.165) is 46.7 Å². The Labute approximate surface area is 123 Å². The molecule has 0 bridgehead atoms. The predicted molar refractivity (Wildman–Crippen MR) is 78.3 cm³/mol. The average molecular weight is 331 g/mol. The second-order valence-corrected chi connectivity index (χ2v) is 5.63. The molecule has 0 radical (unpaired) electrons. The SMILES string of the molecule is Brc1cnc2c(N3CCn4cnnc4C3)ccnc2c1. The third-order valence-corrected chi connectivity index (χ3v) is 3.94. The van der Waals surface area contributed by atoms with Gasteiger partial charge >= 0.3 is 0 Å². The Morgan fingerprint density at radius 3 is 3.10 bits per heavy atom. The van der Waals surface area contributed by atoms with Crippen LogP contribution in [0.25, 0.3) is 11.0 Å². The van der Waals surface area contributed by atoms with Gasteiger partial charge < -0.3 is 9.47 Å². The summed E-state index contributed by atoms with van der Waals surface area (Å²) in [6.07, 6.45) is 5.41. The molecule has 6 nitrogen and oxygen atoms in total. The molecule has 0 unspecified atom stereocenters. The van der Waals surface area contributed by atoms with Crippen molar-refractivity contribution in [3.8, 4) is 0 Å². The van der Waals surface area contributed by atoms with Crippen LogP contribution in [-0.2, 0) is 13.1 Å². The number of hydrogen-bond acceptors (Lipinski definition) is 5. The molecule has 0 aliphatic carbocycles. The number of pyridine rings is 2. The molecule has 1 aliphatic rings. The van der Waals surface area contributed by atoms with E-state index in [1.165, 1.54) is 0 Å². The molecule has 0 saturated heterocycles. The Morgan fingerprint density at radius 2 is 2.15 bits per heavy atom. The molecular formula is C13H11BrN6. The largest absolute Gasteiger partial charge is 0.360 e. The fraction of sp³-hybridized carbons (Fsp3) is 0.231. The number of halogens is 1. The minimum absolute atomic E-state index is 0.747. The van der Waals surface area contributed by atoms with E-state index in [0.29, 0.717) is 0 Å². The summed E-state index contributed by atoms with van der Waals surface area (Å²) in [5, 5.41) is 8.11. The third kappa shape index (κ3) is 1.85. The molecule has 20 heavy (non-hydrogen) atoms. The van der Waals surface area contributed by atoms with Crippen LogP contribution in [0.5, 0.6) is 0 Å². The minimum Gasteiger partial charge on any atom is -0.360 e. The van der Waals surface area contributed by atoms with Crippen molar-refractivity contribution < 1.29 is 0 Å². The van der Waals surface area contributed by atoms with E-state index in [1.807, 2.05) is 18.3 Å². The summed E-state index contributed by atoms with van der Waals surface area (Å²) >= 11 is 3.43. The van der Waals surface area contributed by atoms with Gasteiger partial charge in [-0.05, 0) is 28.1 Å². The fourth-order valence-corrected chi connectivity index (χ4v) is 2.84. The maximum Gasteiger partial charge on any atom is 0.152 e. The second kappa shape index (κ2) is 4.52. The van der Waals surface area contributed by atoms with Crippen molar-refractivity contribution in [2.45, 2.75) is 13.1 Å². The first-order valence-corrected chi connectivity index (χ1v) is 7.12. The predicted octanol–water partition coefficient (Wildman–Crippen LogP) is 2.00. The van der Waals surface area contributed by atoms with E-state index in [1.54, 1.807) is 12.5 Å². The fourth-order valence-electron chi connectivity index (χ4n) is 2.52. The van der Waals surface area contributed by atoms with Crippen LogP contribution in [0.3, 0.4) is 0 Å². The van der Waals surface area contributed by atoms with Crippen LogP contribution in [0.15, 0.2) is 35.3 Å². The Kier molecular flexibility index (Phi) is 2.66. The van der Waals surface area contributed by atoms with Crippen LogP contribution in [0.2, 0.25) is 0 Å². The van der Waals surface area contributed by atoms with E-state index in [2.05, 4.69) is 45.6 Å². The van der Waals surface area contributed by atoms with Crippen LogP contribution < -0.4 is 4.90 Å². The lowest BCUT2D eigenvalue weighted by Gasteiger charge is -2.29. The molecule has 100 valence electrons. The Bertz CT molecular complexity index is 783. The number of rotatable bonds is 1. The van der Waals surface area contributed by atoms with Crippen molar-refractivity contribution in [1.82, 2.24) is 24.7 Å². The average Bonchev–Trinajstić information content (AvgIpc) is 2.93. The van der Waals surface area contributed by atoms with Gasteiger partial charge in [0.05, 0.1) is 17.7 Å². The first-order valence-electron chi connectivity index (χ1n) is 6.33. The maximum atomic E-state index is 4.51. The Hall–Kier alpha value is -2.02. The standard InChI is InChI=1S/C13H11BrN6/c14-9-5-10-13(16-6-9)11(1-2-15-10)19-3-4-20-8-17-18-12(20)7-19/h1-2,5-6,8H,3-4,7H2. The minimum atomic E-state index is 0.747. The highest BCUT2D eigenvalue weighted by atomic mass is 79.9. The summed E-state index contributed by atoms with van der Waals surface area (Å²) in [6, 6.07) is 3.99. The van der Waals surface area contributed by atoms with E-state index in [4.69, 9.17) is 0 Å². The quantitative estimate of drug-likeness (QED) is 0.683. The van der Waals surface area contributed by atoms with Gasteiger partial charge in [-0.2, -0.15) is 0 Å². The number of anilines is 1. The number of fused-ring (bicyclic) bond motifs is 2. The lowest BCUT2D eigenvalue weighted by molar-refractivity contribution is 0.561. The molecular weight excluding hydrogens is 320 g/mol. The maximum absolute atomic E-state index is 4.51. The zero-order chi connectivity index (χ0) is 13.5. The second-order valence-electron chi connectivity index (χ2n) is 4.71. The van der Waals surface area contributed by atoms with Gasteiger partial charge in [-0.1, -0.05) is 0 Å². The van der Waals surface area contributed by atoms with E-state index < -0.39 is 0 Å². The summed E-state index contributed by atoms with van der Waals surface area (Å²) in [6.45, 7) is 2.56. The summed E-state index contributed by atoms with van der Waals surface area (Å²) in [5.74, 6) is 0.985. The lowest BCUT2D eigenvalue weighted by Crippen LogP contribution is -2.33. The van der Waals surface area contributed by atoms with Crippen molar-refractivity contribution in [2.75, 3.05) is 11.4 Å². The van der Waals surface area contributed by atoms with E-state index in [9.17, 15) is 0 Å². The summed E-state index contributed by atoms with van der Waals surface area (Å²) < 4.78 is 3.03. The number of aromatic nitrogens is 5.